The molecule has 6 nitrogen and oxygen atoms in total. The number of nitrogens with zero attached hydrogens (tertiary/aromatic N) is 2. The van der Waals surface area contributed by atoms with E-state index in [1.54, 1.807) is 17.0 Å². The highest BCUT2D eigenvalue weighted by atomic mass is 19.1. The zero-order chi connectivity index (χ0) is 20.1. The third kappa shape index (κ3) is 4.42. The Bertz CT molecular complexity index is 841. The molecular formula is C21H24FN3O3. The number of nitrogens with one attached hydrogen (secondary N) is 1. The van der Waals surface area contributed by atoms with Crippen molar-refractivity contribution in [3.05, 3.63) is 54.3 Å². The van der Waals surface area contributed by atoms with E-state index >= 15 is 0 Å². The number of hydrogen-bond donors (Lipinski definition) is 1. The number of benzene rings is 2. The first kappa shape index (κ1) is 19.7. The number of amides is 3. The van der Waals surface area contributed by atoms with Gasteiger partial charge in [-0.2, -0.15) is 0 Å². The molecule has 0 saturated carbocycles. The normalized spacial score (nSPS) is 16.2. The summed E-state index contributed by atoms with van der Waals surface area (Å²) in [6.45, 7) is 5.17. The lowest BCUT2D eigenvalue weighted by Gasteiger charge is -2.24. The van der Waals surface area contributed by atoms with Crippen LogP contribution in [0.4, 0.5) is 20.6 Å². The molecule has 0 spiro atoms. The molecule has 3 amide bonds. The molecule has 1 fully saturated rings. The number of carbonyl (C=O) groups excluding carboxylic acids is 2. The molecule has 1 atom stereocenters. The lowest BCUT2D eigenvalue weighted by molar-refractivity contribution is -0.117. The van der Waals surface area contributed by atoms with Gasteiger partial charge in [0.2, 0.25) is 5.91 Å². The van der Waals surface area contributed by atoms with Crippen LogP contribution in [-0.2, 0) is 4.79 Å². The van der Waals surface area contributed by atoms with Crippen molar-refractivity contribution < 1.29 is 18.7 Å². The third-order valence-corrected chi connectivity index (χ3v) is 4.59. The average Bonchev–Trinajstić information content (AvgIpc) is 3.04. The molecule has 1 saturated heterocycles. The Balaban J connectivity index is 1.65. The summed E-state index contributed by atoms with van der Waals surface area (Å²) in [5, 5.41) is 2.91. The van der Waals surface area contributed by atoms with E-state index in [0.717, 1.165) is 11.4 Å². The second kappa shape index (κ2) is 8.73. The molecule has 0 radical (unpaired) electrons. The molecule has 7 heteroatoms. The quantitative estimate of drug-likeness (QED) is 0.827. The Morgan fingerprint density at radius 1 is 1.25 bits per heavy atom. The highest BCUT2D eigenvalue weighted by molar-refractivity contribution is 5.98. The summed E-state index contributed by atoms with van der Waals surface area (Å²) in [7, 11) is 0. The number of ether oxygens (including phenoxy) is 1. The van der Waals surface area contributed by atoms with Gasteiger partial charge in [0, 0.05) is 30.9 Å². The molecule has 1 aliphatic heterocycles. The van der Waals surface area contributed by atoms with E-state index in [4.69, 9.17) is 4.74 Å². The van der Waals surface area contributed by atoms with Gasteiger partial charge < -0.3 is 15.0 Å². The maximum absolute atomic E-state index is 13.4. The molecule has 28 heavy (non-hydrogen) atoms. The van der Waals surface area contributed by atoms with Crippen molar-refractivity contribution in [3.63, 3.8) is 0 Å². The largest absolute Gasteiger partial charge is 0.494 e. The predicted molar refractivity (Wildman–Crippen MR) is 106 cm³/mol. The van der Waals surface area contributed by atoms with Crippen molar-refractivity contribution in [1.82, 2.24) is 5.32 Å². The van der Waals surface area contributed by atoms with Crippen molar-refractivity contribution in [2.75, 3.05) is 29.5 Å². The fourth-order valence-electron chi connectivity index (χ4n) is 3.28. The Morgan fingerprint density at radius 3 is 2.64 bits per heavy atom. The molecule has 1 heterocycles. The van der Waals surface area contributed by atoms with Gasteiger partial charge in [0.25, 0.3) is 0 Å². The van der Waals surface area contributed by atoms with E-state index in [1.165, 1.54) is 17.0 Å². The summed E-state index contributed by atoms with van der Waals surface area (Å²) in [6, 6.07) is 12.6. The first-order chi connectivity index (χ1) is 13.5. The van der Waals surface area contributed by atoms with E-state index in [1.807, 2.05) is 38.1 Å². The van der Waals surface area contributed by atoms with Gasteiger partial charge in [-0.05, 0) is 56.3 Å². The monoisotopic (exact) mass is 385 g/mol. The Kier molecular flexibility index (Phi) is 6.13. The van der Waals surface area contributed by atoms with E-state index in [0.29, 0.717) is 25.4 Å². The minimum absolute atomic E-state index is 0.139. The smallest absolute Gasteiger partial charge is 0.322 e. The van der Waals surface area contributed by atoms with Gasteiger partial charge in [0.05, 0.1) is 12.6 Å². The Hall–Kier alpha value is -3.09. The number of urea groups is 1. The van der Waals surface area contributed by atoms with Gasteiger partial charge in [0.15, 0.2) is 0 Å². The van der Waals surface area contributed by atoms with Crippen molar-refractivity contribution in [3.8, 4) is 5.75 Å². The zero-order valence-corrected chi connectivity index (χ0v) is 16.0. The standard InChI is InChI=1S/C21H24FN3O3/c1-3-24(17-8-10-19(11-9-17)28-4-2)21(27)23-16-13-20(26)25(14-16)18-7-5-6-15(22)12-18/h5-12,16H,3-4,13-14H2,1-2H3,(H,23,27). The Morgan fingerprint density at radius 2 is 2.00 bits per heavy atom. The Labute approximate surface area is 163 Å². The second-order valence-corrected chi connectivity index (χ2v) is 6.51. The summed E-state index contributed by atoms with van der Waals surface area (Å²) >= 11 is 0. The average molecular weight is 385 g/mol. The summed E-state index contributed by atoms with van der Waals surface area (Å²) in [5.41, 5.74) is 1.25. The molecule has 2 aromatic carbocycles. The van der Waals surface area contributed by atoms with Gasteiger partial charge in [-0.15, -0.1) is 0 Å². The molecule has 2 aromatic rings. The predicted octanol–water partition coefficient (Wildman–Crippen LogP) is 3.57. The SMILES string of the molecule is CCOc1ccc(N(CC)C(=O)NC2CC(=O)N(c3cccc(F)c3)C2)cc1. The summed E-state index contributed by atoms with van der Waals surface area (Å²) in [4.78, 5) is 28.2. The van der Waals surface area contributed by atoms with Gasteiger partial charge >= 0.3 is 6.03 Å². The van der Waals surface area contributed by atoms with Crippen LogP contribution in [0.3, 0.4) is 0 Å². The van der Waals surface area contributed by atoms with Gasteiger partial charge in [-0.3, -0.25) is 9.69 Å². The molecule has 0 bridgehead atoms. The molecule has 1 N–H and O–H groups in total. The van der Waals surface area contributed by atoms with Crippen LogP contribution < -0.4 is 19.9 Å². The number of rotatable bonds is 6. The van der Waals surface area contributed by atoms with Gasteiger partial charge in [-0.1, -0.05) is 6.07 Å². The van der Waals surface area contributed by atoms with Crippen LogP contribution in [0.25, 0.3) is 0 Å². The van der Waals surface area contributed by atoms with Crippen LogP contribution in [0.1, 0.15) is 20.3 Å². The highest BCUT2D eigenvalue weighted by Gasteiger charge is 2.32. The fraction of sp³-hybridized carbons (Fsp3) is 0.333. The van der Waals surface area contributed by atoms with Crippen molar-refractivity contribution in [2.24, 2.45) is 0 Å². The molecule has 3 rings (SSSR count). The van der Waals surface area contributed by atoms with E-state index in [-0.39, 0.29) is 24.4 Å². The van der Waals surface area contributed by atoms with Gasteiger partial charge in [0.1, 0.15) is 11.6 Å². The van der Waals surface area contributed by atoms with Crippen molar-refractivity contribution in [2.45, 2.75) is 26.3 Å². The lowest BCUT2D eigenvalue weighted by Crippen LogP contribution is -2.46. The van der Waals surface area contributed by atoms with Crippen molar-refractivity contribution >= 4 is 23.3 Å². The molecule has 1 unspecified atom stereocenters. The lowest BCUT2D eigenvalue weighted by atomic mass is 10.2. The molecule has 1 aliphatic rings. The minimum atomic E-state index is -0.398. The number of halogens is 1. The maximum Gasteiger partial charge on any atom is 0.322 e. The minimum Gasteiger partial charge on any atom is -0.494 e. The number of hydrogen-bond acceptors (Lipinski definition) is 3. The van der Waals surface area contributed by atoms with Crippen LogP contribution in [0, 0.1) is 5.82 Å². The fourth-order valence-corrected chi connectivity index (χ4v) is 3.28. The third-order valence-electron chi connectivity index (χ3n) is 4.59. The second-order valence-electron chi connectivity index (χ2n) is 6.51. The number of carbonyl (C=O) groups is 2. The first-order valence-corrected chi connectivity index (χ1v) is 9.38. The van der Waals surface area contributed by atoms with E-state index in [2.05, 4.69) is 5.32 Å². The van der Waals surface area contributed by atoms with Crippen LogP contribution in [0.5, 0.6) is 5.75 Å². The van der Waals surface area contributed by atoms with Crippen LogP contribution >= 0.6 is 0 Å². The van der Waals surface area contributed by atoms with Crippen molar-refractivity contribution in [1.29, 1.82) is 0 Å². The van der Waals surface area contributed by atoms with Gasteiger partial charge in [-0.25, -0.2) is 9.18 Å². The molecular weight excluding hydrogens is 361 g/mol. The zero-order valence-electron chi connectivity index (χ0n) is 16.0. The van der Waals surface area contributed by atoms with Crippen LogP contribution in [-0.4, -0.2) is 37.7 Å². The summed E-state index contributed by atoms with van der Waals surface area (Å²) in [6.07, 6.45) is 0.184. The first-order valence-electron chi connectivity index (χ1n) is 9.38. The topological polar surface area (TPSA) is 61.9 Å². The highest BCUT2D eigenvalue weighted by Crippen LogP contribution is 2.23. The van der Waals surface area contributed by atoms with E-state index in [9.17, 15) is 14.0 Å². The maximum atomic E-state index is 13.4. The number of anilines is 2. The van der Waals surface area contributed by atoms with E-state index < -0.39 is 5.82 Å². The summed E-state index contributed by atoms with van der Waals surface area (Å²) in [5.74, 6) is 0.209. The van der Waals surface area contributed by atoms with Crippen LogP contribution in [0.15, 0.2) is 48.5 Å². The summed E-state index contributed by atoms with van der Waals surface area (Å²) < 4.78 is 18.9. The molecule has 0 aromatic heterocycles. The molecule has 148 valence electrons. The van der Waals surface area contributed by atoms with Crippen LogP contribution in [0.2, 0.25) is 0 Å². The molecule has 0 aliphatic carbocycles.